The largest absolute Gasteiger partial charge is 0.354 e. The lowest BCUT2D eigenvalue weighted by Crippen LogP contribution is -2.43. The molecule has 94 valence electrons. The number of aryl methyl sites for hydroxylation is 1. The zero-order chi connectivity index (χ0) is 13.1. The molecule has 0 fully saturated rings. The van der Waals surface area contributed by atoms with Crippen LogP contribution in [0.3, 0.4) is 0 Å². The molecule has 0 saturated carbocycles. The lowest BCUT2D eigenvalue weighted by molar-refractivity contribution is -0.122. The highest BCUT2D eigenvalue weighted by Crippen LogP contribution is 2.22. The van der Waals surface area contributed by atoms with E-state index in [4.69, 9.17) is 5.73 Å². The maximum absolute atomic E-state index is 11.5. The molecule has 0 aliphatic heterocycles. The summed E-state index contributed by atoms with van der Waals surface area (Å²) in [6.07, 6.45) is 0. The van der Waals surface area contributed by atoms with Crippen LogP contribution in [0.15, 0.2) is 24.3 Å². The monoisotopic (exact) mass is 234 g/mol. The Hall–Kier alpha value is -1.35. The van der Waals surface area contributed by atoms with Gasteiger partial charge in [-0.25, -0.2) is 0 Å². The van der Waals surface area contributed by atoms with Crippen LogP contribution in [0.1, 0.15) is 31.9 Å². The highest BCUT2D eigenvalue weighted by atomic mass is 16.2. The van der Waals surface area contributed by atoms with E-state index in [9.17, 15) is 4.79 Å². The van der Waals surface area contributed by atoms with Gasteiger partial charge in [0.15, 0.2) is 0 Å². The van der Waals surface area contributed by atoms with Gasteiger partial charge in [-0.1, -0.05) is 43.7 Å². The fraction of sp³-hybridized carbons (Fsp3) is 0.500. The lowest BCUT2D eigenvalue weighted by atomic mass is 9.84. The quantitative estimate of drug-likeness (QED) is 0.833. The van der Waals surface area contributed by atoms with Crippen LogP contribution in [-0.2, 0) is 10.2 Å². The second-order valence-corrected chi connectivity index (χ2v) is 5.26. The van der Waals surface area contributed by atoms with Crippen LogP contribution in [0.5, 0.6) is 0 Å². The third kappa shape index (κ3) is 3.86. The second kappa shape index (κ2) is 5.32. The maximum atomic E-state index is 11.5. The van der Waals surface area contributed by atoms with Gasteiger partial charge in [0.05, 0.1) is 6.04 Å². The molecule has 3 N–H and O–H groups in total. The van der Waals surface area contributed by atoms with Gasteiger partial charge in [0.2, 0.25) is 5.91 Å². The third-order valence-corrected chi connectivity index (χ3v) is 2.92. The molecule has 0 aromatic heterocycles. The molecular weight excluding hydrogens is 212 g/mol. The topological polar surface area (TPSA) is 55.1 Å². The summed E-state index contributed by atoms with van der Waals surface area (Å²) in [5, 5.41) is 2.88. The molecule has 0 unspecified atom stereocenters. The molecule has 0 aliphatic rings. The highest BCUT2D eigenvalue weighted by molar-refractivity contribution is 5.81. The van der Waals surface area contributed by atoms with Crippen molar-refractivity contribution in [2.24, 2.45) is 5.73 Å². The average Bonchev–Trinajstić information content (AvgIpc) is 2.26. The van der Waals surface area contributed by atoms with Gasteiger partial charge in [0.1, 0.15) is 0 Å². The summed E-state index contributed by atoms with van der Waals surface area (Å²) >= 11 is 0. The molecule has 1 atom stereocenters. The fourth-order valence-corrected chi connectivity index (χ4v) is 1.64. The molecule has 0 radical (unpaired) electrons. The first-order valence-electron chi connectivity index (χ1n) is 5.93. The summed E-state index contributed by atoms with van der Waals surface area (Å²) in [6, 6.07) is 7.89. The van der Waals surface area contributed by atoms with Crippen molar-refractivity contribution in [3.63, 3.8) is 0 Å². The average molecular weight is 234 g/mol. The number of amides is 1. The molecule has 1 aromatic carbocycles. The zero-order valence-electron chi connectivity index (χ0n) is 11.1. The predicted octanol–water partition coefficient (Wildman–Crippen LogP) is 1.74. The first-order valence-corrected chi connectivity index (χ1v) is 5.93. The third-order valence-electron chi connectivity index (χ3n) is 2.92. The summed E-state index contributed by atoms with van der Waals surface area (Å²) in [4.78, 5) is 11.5. The molecule has 1 amide bonds. The van der Waals surface area contributed by atoms with E-state index in [1.165, 1.54) is 11.1 Å². The van der Waals surface area contributed by atoms with Crippen LogP contribution < -0.4 is 11.1 Å². The summed E-state index contributed by atoms with van der Waals surface area (Å²) < 4.78 is 0. The van der Waals surface area contributed by atoms with Gasteiger partial charge < -0.3 is 11.1 Å². The second-order valence-electron chi connectivity index (χ2n) is 5.26. The van der Waals surface area contributed by atoms with Crippen molar-refractivity contribution in [1.82, 2.24) is 5.32 Å². The lowest BCUT2D eigenvalue weighted by Gasteiger charge is -2.26. The zero-order valence-corrected chi connectivity index (χ0v) is 11.1. The maximum Gasteiger partial charge on any atom is 0.236 e. The highest BCUT2D eigenvalue weighted by Gasteiger charge is 2.22. The van der Waals surface area contributed by atoms with Crippen molar-refractivity contribution in [2.45, 2.75) is 39.2 Å². The normalized spacial score (nSPS) is 13.2. The van der Waals surface area contributed by atoms with E-state index in [1.807, 2.05) is 6.07 Å². The van der Waals surface area contributed by atoms with E-state index in [1.54, 1.807) is 6.92 Å². The summed E-state index contributed by atoms with van der Waals surface area (Å²) in [7, 11) is 0. The number of nitrogens with one attached hydrogen (secondary N) is 1. The van der Waals surface area contributed by atoms with E-state index in [-0.39, 0.29) is 11.3 Å². The van der Waals surface area contributed by atoms with Gasteiger partial charge in [0.25, 0.3) is 0 Å². The van der Waals surface area contributed by atoms with Crippen molar-refractivity contribution in [3.05, 3.63) is 35.4 Å². The fourth-order valence-electron chi connectivity index (χ4n) is 1.64. The molecule has 0 spiro atoms. The van der Waals surface area contributed by atoms with Crippen LogP contribution in [0.2, 0.25) is 0 Å². The molecule has 3 nitrogen and oxygen atoms in total. The molecule has 1 aromatic rings. The predicted molar refractivity (Wildman–Crippen MR) is 70.9 cm³/mol. The Morgan fingerprint density at radius 3 is 2.65 bits per heavy atom. The standard InChI is InChI=1S/C14H22N2O/c1-10-6-5-7-12(8-10)14(3,4)9-16-13(17)11(2)15/h5-8,11H,9,15H2,1-4H3,(H,16,17)/t11-/m0/s1. The van der Waals surface area contributed by atoms with Gasteiger partial charge in [-0.15, -0.1) is 0 Å². The number of carbonyl (C=O) groups is 1. The van der Waals surface area contributed by atoms with Crippen molar-refractivity contribution in [3.8, 4) is 0 Å². The van der Waals surface area contributed by atoms with Gasteiger partial charge in [-0.2, -0.15) is 0 Å². The van der Waals surface area contributed by atoms with Crippen LogP contribution in [0.4, 0.5) is 0 Å². The van der Waals surface area contributed by atoms with Crippen molar-refractivity contribution < 1.29 is 4.79 Å². The number of rotatable bonds is 4. The number of hydrogen-bond donors (Lipinski definition) is 2. The van der Waals surface area contributed by atoms with E-state index in [0.29, 0.717) is 6.54 Å². The molecule has 17 heavy (non-hydrogen) atoms. The van der Waals surface area contributed by atoms with Crippen LogP contribution in [0.25, 0.3) is 0 Å². The summed E-state index contributed by atoms with van der Waals surface area (Å²) in [5.74, 6) is -0.106. The summed E-state index contributed by atoms with van der Waals surface area (Å²) in [6.45, 7) is 8.58. The van der Waals surface area contributed by atoms with Crippen molar-refractivity contribution in [1.29, 1.82) is 0 Å². The van der Waals surface area contributed by atoms with Crippen LogP contribution >= 0.6 is 0 Å². The minimum Gasteiger partial charge on any atom is -0.354 e. The minimum absolute atomic E-state index is 0.0867. The Kier molecular flexibility index (Phi) is 4.29. The Balaban J connectivity index is 2.72. The van der Waals surface area contributed by atoms with Crippen molar-refractivity contribution >= 4 is 5.91 Å². The van der Waals surface area contributed by atoms with E-state index < -0.39 is 6.04 Å². The number of benzene rings is 1. The number of nitrogens with two attached hydrogens (primary N) is 1. The minimum atomic E-state index is -0.455. The molecule has 0 saturated heterocycles. The smallest absolute Gasteiger partial charge is 0.236 e. The van der Waals surface area contributed by atoms with Crippen LogP contribution in [0, 0.1) is 6.92 Å². The van der Waals surface area contributed by atoms with E-state index in [0.717, 1.165) is 0 Å². The first kappa shape index (κ1) is 13.7. The Bertz CT molecular complexity index is 397. The van der Waals surface area contributed by atoms with Gasteiger partial charge >= 0.3 is 0 Å². The van der Waals surface area contributed by atoms with Gasteiger partial charge in [-0.05, 0) is 19.4 Å². The van der Waals surface area contributed by atoms with Crippen molar-refractivity contribution in [2.75, 3.05) is 6.54 Å². The van der Waals surface area contributed by atoms with Crippen LogP contribution in [-0.4, -0.2) is 18.5 Å². The molecule has 0 aliphatic carbocycles. The summed E-state index contributed by atoms with van der Waals surface area (Å²) in [5.41, 5.74) is 7.88. The molecule has 3 heteroatoms. The van der Waals surface area contributed by atoms with E-state index >= 15 is 0 Å². The first-order chi connectivity index (χ1) is 7.83. The molecular formula is C14H22N2O. The van der Waals surface area contributed by atoms with Gasteiger partial charge in [-0.3, -0.25) is 4.79 Å². The number of carbonyl (C=O) groups excluding carboxylic acids is 1. The molecule has 1 rings (SSSR count). The Morgan fingerprint density at radius 2 is 2.12 bits per heavy atom. The molecule has 0 heterocycles. The SMILES string of the molecule is Cc1cccc(C(C)(C)CNC(=O)[C@H](C)N)c1. The Morgan fingerprint density at radius 1 is 1.47 bits per heavy atom. The van der Waals surface area contributed by atoms with Gasteiger partial charge in [0, 0.05) is 12.0 Å². The van der Waals surface area contributed by atoms with E-state index in [2.05, 4.69) is 44.3 Å². The number of hydrogen-bond acceptors (Lipinski definition) is 2. The Labute approximate surface area is 103 Å². The molecule has 0 bridgehead atoms.